The Balaban J connectivity index is 2.02. The van der Waals surface area contributed by atoms with Crippen molar-refractivity contribution in [3.05, 3.63) is 60.1 Å². The molecule has 0 saturated carbocycles. The maximum Gasteiger partial charge on any atom is 0.241 e. The highest BCUT2D eigenvalue weighted by molar-refractivity contribution is 7.89. The minimum Gasteiger partial charge on any atom is -0.460 e. The van der Waals surface area contributed by atoms with Gasteiger partial charge in [0.2, 0.25) is 15.9 Å². The summed E-state index contributed by atoms with van der Waals surface area (Å²) in [5.74, 6) is 0.263. The first kappa shape index (κ1) is 15.0. The number of amides is 1. The third kappa shape index (κ3) is 4.30. The van der Waals surface area contributed by atoms with Crippen molar-refractivity contribution in [2.45, 2.75) is 11.4 Å². The molecule has 0 saturated heterocycles. The fraction of sp³-hybridized carbons (Fsp3) is 0.0714. The first-order chi connectivity index (χ1) is 9.97. The third-order valence-electron chi connectivity index (χ3n) is 2.58. The Kier molecular flexibility index (Phi) is 4.56. The highest BCUT2D eigenvalue weighted by atomic mass is 32.2. The highest BCUT2D eigenvalue weighted by Crippen LogP contribution is 2.12. The average Bonchev–Trinajstić information content (AvgIpc) is 2.92. The van der Waals surface area contributed by atoms with Crippen LogP contribution in [0.1, 0.15) is 11.5 Å². The fourth-order valence-corrected chi connectivity index (χ4v) is 2.61. The largest absolute Gasteiger partial charge is 0.460 e. The van der Waals surface area contributed by atoms with Crippen LogP contribution in [-0.2, 0) is 21.4 Å². The van der Waals surface area contributed by atoms with Crippen LogP contribution in [0.25, 0.3) is 6.08 Å². The molecule has 0 aliphatic rings. The first-order valence-electron chi connectivity index (χ1n) is 6.08. The molecule has 1 amide bonds. The predicted molar refractivity (Wildman–Crippen MR) is 77.4 cm³/mol. The van der Waals surface area contributed by atoms with Crippen LogP contribution in [0.15, 0.2) is 57.9 Å². The van der Waals surface area contributed by atoms with E-state index in [0.717, 1.165) is 6.08 Å². The van der Waals surface area contributed by atoms with E-state index in [0.29, 0.717) is 11.5 Å². The van der Waals surface area contributed by atoms with Crippen molar-refractivity contribution in [3.63, 3.8) is 0 Å². The average molecular weight is 306 g/mol. The maximum atomic E-state index is 12.0. The molecule has 110 valence electrons. The van der Waals surface area contributed by atoms with Gasteiger partial charge in [0, 0.05) is 6.08 Å². The third-order valence-corrected chi connectivity index (χ3v) is 4.00. The van der Waals surface area contributed by atoms with Gasteiger partial charge in [0.15, 0.2) is 0 Å². The summed E-state index contributed by atoms with van der Waals surface area (Å²) in [5, 5.41) is 0. The van der Waals surface area contributed by atoms with Gasteiger partial charge in [-0.1, -0.05) is 18.2 Å². The normalized spacial score (nSPS) is 11.8. The Morgan fingerprint density at radius 2 is 1.90 bits per heavy atom. The van der Waals surface area contributed by atoms with E-state index in [1.54, 1.807) is 30.3 Å². The summed E-state index contributed by atoms with van der Waals surface area (Å²) in [6.45, 7) is 0.0155. The van der Waals surface area contributed by atoms with E-state index in [9.17, 15) is 13.2 Å². The molecule has 0 aliphatic carbocycles. The maximum absolute atomic E-state index is 12.0. The number of nitrogens with two attached hydrogens (primary N) is 1. The number of benzene rings is 1. The van der Waals surface area contributed by atoms with Gasteiger partial charge in [-0.2, -0.15) is 0 Å². The molecule has 0 spiro atoms. The molecule has 2 aromatic rings. The topological polar surface area (TPSA) is 102 Å². The summed E-state index contributed by atoms with van der Waals surface area (Å²) in [4.78, 5) is 10.8. The molecule has 1 aromatic heterocycles. The van der Waals surface area contributed by atoms with E-state index < -0.39 is 15.9 Å². The molecule has 7 heteroatoms. The molecule has 0 fully saturated rings. The molecular formula is C14H14N2O4S. The minimum atomic E-state index is -3.58. The summed E-state index contributed by atoms with van der Waals surface area (Å²) >= 11 is 0. The number of carbonyl (C=O) groups excluding carboxylic acids is 1. The second-order valence-electron chi connectivity index (χ2n) is 4.18. The Morgan fingerprint density at radius 1 is 1.19 bits per heavy atom. The Labute approximate surface area is 122 Å². The molecule has 3 N–H and O–H groups in total. The Morgan fingerprint density at radius 3 is 2.57 bits per heavy atom. The van der Waals surface area contributed by atoms with Crippen molar-refractivity contribution >= 4 is 22.0 Å². The SMILES string of the molecule is NC(=O)/C=C\c1ccc(CNS(=O)(=O)c2ccccc2)o1. The van der Waals surface area contributed by atoms with E-state index in [2.05, 4.69) is 4.72 Å². The molecule has 0 atom stereocenters. The van der Waals surface area contributed by atoms with Crippen LogP contribution in [-0.4, -0.2) is 14.3 Å². The number of hydrogen-bond acceptors (Lipinski definition) is 4. The van der Waals surface area contributed by atoms with Gasteiger partial charge in [0.05, 0.1) is 11.4 Å². The van der Waals surface area contributed by atoms with E-state index >= 15 is 0 Å². The van der Waals surface area contributed by atoms with E-state index in [4.69, 9.17) is 10.2 Å². The lowest BCUT2D eigenvalue weighted by Gasteiger charge is -2.04. The van der Waals surface area contributed by atoms with Gasteiger partial charge in [-0.25, -0.2) is 13.1 Å². The van der Waals surface area contributed by atoms with Crippen molar-refractivity contribution in [2.75, 3.05) is 0 Å². The molecule has 21 heavy (non-hydrogen) atoms. The minimum absolute atomic E-state index is 0.0155. The molecule has 0 bridgehead atoms. The van der Waals surface area contributed by atoms with Crippen LogP contribution < -0.4 is 10.5 Å². The van der Waals surface area contributed by atoms with Crippen molar-refractivity contribution < 1.29 is 17.6 Å². The van der Waals surface area contributed by atoms with Gasteiger partial charge in [0.25, 0.3) is 0 Å². The number of primary amides is 1. The summed E-state index contributed by atoms with van der Waals surface area (Å²) < 4.78 is 31.8. The Bertz CT molecular complexity index is 748. The zero-order valence-corrected chi connectivity index (χ0v) is 11.8. The van der Waals surface area contributed by atoms with E-state index in [-0.39, 0.29) is 11.4 Å². The van der Waals surface area contributed by atoms with Gasteiger partial charge in [-0.15, -0.1) is 0 Å². The zero-order valence-electron chi connectivity index (χ0n) is 11.0. The molecule has 0 unspecified atom stereocenters. The lowest BCUT2D eigenvalue weighted by atomic mass is 10.4. The van der Waals surface area contributed by atoms with Crippen molar-refractivity contribution in [1.82, 2.24) is 4.72 Å². The van der Waals surface area contributed by atoms with Gasteiger partial charge in [-0.05, 0) is 30.3 Å². The van der Waals surface area contributed by atoms with Gasteiger partial charge >= 0.3 is 0 Å². The van der Waals surface area contributed by atoms with Crippen molar-refractivity contribution in [3.8, 4) is 0 Å². The van der Waals surface area contributed by atoms with Crippen LogP contribution in [0.2, 0.25) is 0 Å². The van der Waals surface area contributed by atoms with Crippen LogP contribution in [0.5, 0.6) is 0 Å². The van der Waals surface area contributed by atoms with E-state index in [1.165, 1.54) is 18.2 Å². The molecular weight excluding hydrogens is 292 g/mol. The van der Waals surface area contributed by atoms with Gasteiger partial charge in [0.1, 0.15) is 11.5 Å². The molecule has 1 heterocycles. The molecule has 0 aliphatic heterocycles. The summed E-state index contributed by atoms with van der Waals surface area (Å²) in [7, 11) is -3.58. The molecule has 0 radical (unpaired) electrons. The number of sulfonamides is 1. The number of hydrogen-bond donors (Lipinski definition) is 2. The van der Waals surface area contributed by atoms with Crippen LogP contribution in [0.3, 0.4) is 0 Å². The second kappa shape index (κ2) is 6.38. The quantitative estimate of drug-likeness (QED) is 0.784. The number of furan rings is 1. The fourth-order valence-electron chi connectivity index (χ4n) is 1.59. The number of carbonyl (C=O) groups is 1. The van der Waals surface area contributed by atoms with Crippen LogP contribution in [0.4, 0.5) is 0 Å². The lowest BCUT2D eigenvalue weighted by Crippen LogP contribution is -2.22. The molecule has 1 aromatic carbocycles. The van der Waals surface area contributed by atoms with Crippen LogP contribution >= 0.6 is 0 Å². The zero-order chi connectivity index (χ0) is 15.3. The molecule has 6 nitrogen and oxygen atoms in total. The van der Waals surface area contributed by atoms with Gasteiger partial charge < -0.3 is 10.2 Å². The Hall–Kier alpha value is -2.38. The van der Waals surface area contributed by atoms with Crippen molar-refractivity contribution in [2.24, 2.45) is 5.73 Å². The first-order valence-corrected chi connectivity index (χ1v) is 7.56. The van der Waals surface area contributed by atoms with Gasteiger partial charge in [-0.3, -0.25) is 4.79 Å². The lowest BCUT2D eigenvalue weighted by molar-refractivity contribution is -0.113. The molecule has 2 rings (SSSR count). The number of nitrogens with one attached hydrogen (secondary N) is 1. The monoisotopic (exact) mass is 306 g/mol. The summed E-state index contributed by atoms with van der Waals surface area (Å²) in [6, 6.07) is 11.3. The smallest absolute Gasteiger partial charge is 0.241 e. The highest BCUT2D eigenvalue weighted by Gasteiger charge is 2.13. The predicted octanol–water partition coefficient (Wildman–Crippen LogP) is 1.26. The standard InChI is InChI=1S/C14H14N2O4S/c15-14(17)9-8-11-6-7-12(20-11)10-16-21(18,19)13-4-2-1-3-5-13/h1-9,16H,10H2,(H2,15,17)/b9-8-. The summed E-state index contributed by atoms with van der Waals surface area (Å²) in [5.41, 5.74) is 4.97. The number of rotatable bonds is 6. The van der Waals surface area contributed by atoms with E-state index in [1.807, 2.05) is 0 Å². The van der Waals surface area contributed by atoms with Crippen molar-refractivity contribution in [1.29, 1.82) is 0 Å². The second-order valence-corrected chi connectivity index (χ2v) is 5.94. The van der Waals surface area contributed by atoms with Crippen LogP contribution in [0, 0.1) is 0 Å². The summed E-state index contributed by atoms with van der Waals surface area (Å²) in [6.07, 6.45) is 2.58.